The van der Waals surface area contributed by atoms with E-state index < -0.39 is 30.3 Å². The first-order valence-corrected chi connectivity index (χ1v) is 6.96. The van der Waals surface area contributed by atoms with Crippen molar-refractivity contribution in [3.8, 4) is 0 Å². The number of imide groups is 2. The fraction of sp³-hybridized carbons (Fsp3) is 0.286. The molecule has 1 fully saturated rings. The van der Waals surface area contributed by atoms with Crippen LogP contribution in [0.25, 0.3) is 0 Å². The van der Waals surface area contributed by atoms with E-state index in [2.05, 4.69) is 5.32 Å². The summed E-state index contributed by atoms with van der Waals surface area (Å²) in [5.41, 5.74) is 1.26. The number of hydrogen-bond donors (Lipinski definition) is 1. The number of urea groups is 1. The molecular formula is C14H14ClN3O4. The molecule has 0 aromatic heterocycles. The van der Waals surface area contributed by atoms with Gasteiger partial charge in [-0.25, -0.2) is 9.69 Å². The fourth-order valence-electron chi connectivity index (χ4n) is 2.03. The second-order valence-electron chi connectivity index (χ2n) is 4.73. The van der Waals surface area contributed by atoms with Gasteiger partial charge in [0, 0.05) is 17.3 Å². The molecule has 1 aromatic rings. The van der Waals surface area contributed by atoms with Gasteiger partial charge in [-0.15, -0.1) is 0 Å². The molecular weight excluding hydrogens is 310 g/mol. The van der Waals surface area contributed by atoms with Crippen molar-refractivity contribution in [3.05, 3.63) is 28.8 Å². The summed E-state index contributed by atoms with van der Waals surface area (Å²) in [6.45, 7) is 2.91. The van der Waals surface area contributed by atoms with Crippen molar-refractivity contribution < 1.29 is 19.2 Å². The van der Waals surface area contributed by atoms with Crippen LogP contribution in [0.2, 0.25) is 5.02 Å². The molecule has 1 saturated heterocycles. The summed E-state index contributed by atoms with van der Waals surface area (Å²) < 4.78 is 0. The highest BCUT2D eigenvalue weighted by atomic mass is 35.5. The summed E-state index contributed by atoms with van der Waals surface area (Å²) in [4.78, 5) is 48.6. The Balaban J connectivity index is 2.09. The molecule has 1 heterocycles. The van der Waals surface area contributed by atoms with Crippen LogP contribution in [0, 0.1) is 6.92 Å². The highest BCUT2D eigenvalue weighted by Gasteiger charge is 2.44. The first-order chi connectivity index (χ1) is 10.3. The molecule has 0 unspecified atom stereocenters. The quantitative estimate of drug-likeness (QED) is 0.670. The minimum absolute atomic E-state index is 0.0783. The maximum absolute atomic E-state index is 12.0. The molecule has 0 aliphatic carbocycles. The smallest absolute Gasteiger partial charge is 0.324 e. The molecule has 7 nitrogen and oxygen atoms in total. The van der Waals surface area contributed by atoms with Crippen LogP contribution >= 0.6 is 11.6 Å². The lowest BCUT2D eigenvalue weighted by molar-refractivity contribution is -0.143. The molecule has 1 aromatic carbocycles. The van der Waals surface area contributed by atoms with E-state index >= 15 is 0 Å². The molecule has 1 aliphatic heterocycles. The Hall–Kier alpha value is -2.41. The Labute approximate surface area is 131 Å². The first-order valence-electron chi connectivity index (χ1n) is 6.58. The molecule has 2 rings (SSSR count). The van der Waals surface area contributed by atoms with Gasteiger partial charge in [0.15, 0.2) is 0 Å². The highest BCUT2D eigenvalue weighted by Crippen LogP contribution is 2.20. The Morgan fingerprint density at radius 2 is 1.82 bits per heavy atom. The second kappa shape index (κ2) is 6.15. The van der Waals surface area contributed by atoms with E-state index in [-0.39, 0.29) is 6.54 Å². The topological polar surface area (TPSA) is 86.8 Å². The van der Waals surface area contributed by atoms with Gasteiger partial charge in [0.05, 0.1) is 0 Å². The number of rotatable bonds is 4. The zero-order chi connectivity index (χ0) is 16.4. The molecule has 0 spiro atoms. The Kier molecular flexibility index (Phi) is 4.46. The molecule has 116 valence electrons. The third-order valence-corrected chi connectivity index (χ3v) is 3.46. The Bertz CT molecular complexity index is 674. The van der Waals surface area contributed by atoms with E-state index in [0.717, 1.165) is 10.5 Å². The third kappa shape index (κ3) is 2.94. The van der Waals surface area contributed by atoms with Crippen molar-refractivity contribution in [1.29, 1.82) is 0 Å². The maximum atomic E-state index is 12.0. The second-order valence-corrected chi connectivity index (χ2v) is 5.17. The normalized spacial score (nSPS) is 14.8. The lowest BCUT2D eigenvalue weighted by Gasteiger charge is -2.14. The van der Waals surface area contributed by atoms with Crippen LogP contribution in [-0.2, 0) is 14.4 Å². The van der Waals surface area contributed by atoms with E-state index in [1.54, 1.807) is 32.0 Å². The fourth-order valence-corrected chi connectivity index (χ4v) is 2.20. The van der Waals surface area contributed by atoms with Crippen LogP contribution in [0.15, 0.2) is 18.2 Å². The van der Waals surface area contributed by atoms with Crippen molar-refractivity contribution in [2.75, 3.05) is 18.4 Å². The van der Waals surface area contributed by atoms with Crippen LogP contribution in [0.4, 0.5) is 10.5 Å². The number of carbonyl (C=O) groups excluding carboxylic acids is 4. The number of halogens is 1. The van der Waals surface area contributed by atoms with Crippen molar-refractivity contribution >= 4 is 41.0 Å². The summed E-state index contributed by atoms with van der Waals surface area (Å²) in [5.74, 6) is -2.50. The van der Waals surface area contributed by atoms with Gasteiger partial charge >= 0.3 is 17.8 Å². The van der Waals surface area contributed by atoms with E-state index in [0.29, 0.717) is 15.6 Å². The summed E-state index contributed by atoms with van der Waals surface area (Å²) in [7, 11) is 0. The predicted molar refractivity (Wildman–Crippen MR) is 79.3 cm³/mol. The molecule has 1 aliphatic rings. The predicted octanol–water partition coefficient (Wildman–Crippen LogP) is 1.40. The van der Waals surface area contributed by atoms with Crippen LogP contribution in [0.1, 0.15) is 12.5 Å². The maximum Gasteiger partial charge on any atom is 0.334 e. The Morgan fingerprint density at radius 1 is 1.18 bits per heavy atom. The zero-order valence-electron chi connectivity index (χ0n) is 12.1. The number of aryl methyl sites for hydroxylation is 1. The van der Waals surface area contributed by atoms with Crippen molar-refractivity contribution in [2.24, 2.45) is 0 Å². The molecule has 1 N–H and O–H groups in total. The van der Waals surface area contributed by atoms with Crippen molar-refractivity contribution in [3.63, 3.8) is 0 Å². The van der Waals surface area contributed by atoms with E-state index in [1.165, 1.54) is 0 Å². The average molecular weight is 324 g/mol. The number of likely N-dealkylation sites (N-methyl/N-ethyl adjacent to an activating group) is 1. The van der Waals surface area contributed by atoms with Gasteiger partial charge in [-0.1, -0.05) is 17.7 Å². The lowest BCUT2D eigenvalue weighted by Crippen LogP contribution is -2.39. The summed E-state index contributed by atoms with van der Waals surface area (Å²) in [5, 5.41) is 3.01. The van der Waals surface area contributed by atoms with Crippen LogP contribution < -0.4 is 5.32 Å². The lowest BCUT2D eigenvalue weighted by atomic mass is 10.2. The van der Waals surface area contributed by atoms with Gasteiger partial charge in [-0.2, -0.15) is 0 Å². The molecule has 0 radical (unpaired) electrons. The SMILES string of the molecule is CCN1C(=O)C(=O)N(CC(=O)Nc2cc(Cl)ccc2C)C1=O. The number of amides is 5. The number of carbonyl (C=O) groups is 4. The largest absolute Gasteiger partial charge is 0.334 e. The summed E-state index contributed by atoms with van der Waals surface area (Å²) in [6.07, 6.45) is 0. The number of nitrogens with one attached hydrogen (secondary N) is 1. The molecule has 5 amide bonds. The minimum Gasteiger partial charge on any atom is -0.324 e. The first kappa shape index (κ1) is 16.0. The van der Waals surface area contributed by atoms with Crippen molar-refractivity contribution in [1.82, 2.24) is 9.80 Å². The minimum atomic E-state index is -0.996. The molecule has 0 bridgehead atoms. The number of benzene rings is 1. The standard InChI is InChI=1S/C14H14ClN3O4/c1-3-17-12(20)13(21)18(14(17)22)7-11(19)16-10-6-9(15)5-4-8(10)2/h4-6H,3,7H2,1-2H3,(H,16,19). The van der Waals surface area contributed by atoms with Gasteiger partial charge in [0.25, 0.3) is 0 Å². The average Bonchev–Trinajstić information content (AvgIpc) is 2.66. The van der Waals surface area contributed by atoms with Crippen molar-refractivity contribution in [2.45, 2.75) is 13.8 Å². The van der Waals surface area contributed by atoms with Gasteiger partial charge in [0.1, 0.15) is 6.54 Å². The van der Waals surface area contributed by atoms with Gasteiger partial charge in [-0.3, -0.25) is 19.3 Å². The van der Waals surface area contributed by atoms with Crippen LogP contribution in [0.5, 0.6) is 0 Å². The number of nitrogens with zero attached hydrogens (tertiary/aromatic N) is 2. The monoisotopic (exact) mass is 323 g/mol. The molecule has 0 atom stereocenters. The van der Waals surface area contributed by atoms with Gasteiger partial charge in [-0.05, 0) is 31.5 Å². The van der Waals surface area contributed by atoms with Crippen LogP contribution in [-0.4, -0.2) is 46.6 Å². The summed E-state index contributed by atoms with van der Waals surface area (Å²) in [6, 6.07) is 4.19. The van der Waals surface area contributed by atoms with E-state index in [4.69, 9.17) is 11.6 Å². The van der Waals surface area contributed by atoms with Gasteiger partial charge in [0.2, 0.25) is 5.91 Å². The van der Waals surface area contributed by atoms with E-state index in [1.807, 2.05) is 0 Å². The zero-order valence-corrected chi connectivity index (χ0v) is 12.8. The third-order valence-electron chi connectivity index (χ3n) is 3.23. The number of hydrogen-bond acceptors (Lipinski definition) is 4. The van der Waals surface area contributed by atoms with E-state index in [9.17, 15) is 19.2 Å². The summed E-state index contributed by atoms with van der Waals surface area (Å²) >= 11 is 5.85. The molecule has 8 heteroatoms. The molecule has 0 saturated carbocycles. The number of anilines is 1. The van der Waals surface area contributed by atoms with Crippen LogP contribution in [0.3, 0.4) is 0 Å². The highest BCUT2D eigenvalue weighted by molar-refractivity contribution is 6.45. The Morgan fingerprint density at radius 3 is 2.41 bits per heavy atom. The van der Waals surface area contributed by atoms with Gasteiger partial charge < -0.3 is 5.32 Å². The molecule has 22 heavy (non-hydrogen) atoms.